The van der Waals surface area contributed by atoms with Crippen LogP contribution in [0.3, 0.4) is 0 Å². The first-order valence-corrected chi connectivity index (χ1v) is 10.0. The SMILES string of the molecule is Nc1ccc(-c2c(F)cccc2F)nc1C(=O)Cc1cnccc1N1CCCOCC1. The molecule has 160 valence electrons. The summed E-state index contributed by atoms with van der Waals surface area (Å²) in [5.41, 5.74) is 7.49. The predicted octanol–water partition coefficient (Wildman–Crippen LogP) is 3.66. The molecule has 1 aliphatic heterocycles. The molecule has 0 radical (unpaired) electrons. The molecule has 8 heteroatoms. The highest BCUT2D eigenvalue weighted by Crippen LogP contribution is 2.27. The summed E-state index contributed by atoms with van der Waals surface area (Å²) in [6.07, 6.45) is 4.24. The lowest BCUT2D eigenvalue weighted by Gasteiger charge is -2.24. The molecule has 0 aliphatic carbocycles. The number of pyridine rings is 2. The fourth-order valence-electron chi connectivity index (χ4n) is 3.68. The van der Waals surface area contributed by atoms with Gasteiger partial charge in [0.1, 0.15) is 17.3 Å². The molecule has 0 unspecified atom stereocenters. The van der Waals surface area contributed by atoms with E-state index in [-0.39, 0.29) is 34.8 Å². The highest BCUT2D eigenvalue weighted by atomic mass is 19.1. The third-order valence-corrected chi connectivity index (χ3v) is 5.20. The summed E-state index contributed by atoms with van der Waals surface area (Å²) < 4.78 is 33.9. The molecule has 2 N–H and O–H groups in total. The average molecular weight is 424 g/mol. The first kappa shape index (κ1) is 20.9. The first-order chi connectivity index (χ1) is 15.0. The van der Waals surface area contributed by atoms with Gasteiger partial charge in [-0.3, -0.25) is 9.78 Å². The van der Waals surface area contributed by atoms with Crippen LogP contribution in [0.25, 0.3) is 11.3 Å². The van der Waals surface area contributed by atoms with Crippen molar-refractivity contribution in [2.45, 2.75) is 12.8 Å². The molecule has 1 aliphatic rings. The van der Waals surface area contributed by atoms with Crippen LogP contribution in [0.15, 0.2) is 48.8 Å². The number of ether oxygens (including phenoxy) is 1. The van der Waals surface area contributed by atoms with Gasteiger partial charge < -0.3 is 15.4 Å². The second-order valence-electron chi connectivity index (χ2n) is 7.29. The summed E-state index contributed by atoms with van der Waals surface area (Å²) >= 11 is 0. The van der Waals surface area contributed by atoms with E-state index in [0.717, 1.165) is 36.3 Å². The molecule has 6 nitrogen and oxygen atoms in total. The largest absolute Gasteiger partial charge is 0.397 e. The predicted molar refractivity (Wildman–Crippen MR) is 114 cm³/mol. The zero-order chi connectivity index (χ0) is 21.8. The summed E-state index contributed by atoms with van der Waals surface area (Å²) in [6.45, 7) is 2.84. The van der Waals surface area contributed by atoms with Gasteiger partial charge in [0.25, 0.3) is 0 Å². The molecular formula is C23H22F2N4O2. The minimum absolute atomic E-state index is 0.0148. The third-order valence-electron chi connectivity index (χ3n) is 5.20. The Balaban J connectivity index is 1.64. The van der Waals surface area contributed by atoms with Gasteiger partial charge in [0.2, 0.25) is 0 Å². The maximum absolute atomic E-state index is 14.2. The van der Waals surface area contributed by atoms with E-state index in [0.29, 0.717) is 19.8 Å². The first-order valence-electron chi connectivity index (χ1n) is 10.0. The lowest BCUT2D eigenvalue weighted by molar-refractivity contribution is 0.0989. The standard InChI is InChI=1S/C23H22F2N4O2/c24-16-3-1-4-17(25)22(16)19-6-5-18(26)23(28-19)21(30)13-15-14-27-8-7-20(15)29-9-2-11-31-12-10-29/h1,3-8,14H,2,9-13,26H2. The summed E-state index contributed by atoms with van der Waals surface area (Å²) in [7, 11) is 0. The Kier molecular flexibility index (Phi) is 6.18. The van der Waals surface area contributed by atoms with Crippen LogP contribution < -0.4 is 10.6 Å². The number of halogens is 2. The molecule has 4 rings (SSSR count). The topological polar surface area (TPSA) is 81.3 Å². The van der Waals surface area contributed by atoms with E-state index in [1.807, 2.05) is 6.07 Å². The molecule has 1 aromatic carbocycles. The molecule has 1 fully saturated rings. The minimum Gasteiger partial charge on any atom is -0.397 e. The smallest absolute Gasteiger partial charge is 0.187 e. The van der Waals surface area contributed by atoms with E-state index in [1.165, 1.54) is 18.2 Å². The number of ketones is 1. The second-order valence-corrected chi connectivity index (χ2v) is 7.29. The summed E-state index contributed by atoms with van der Waals surface area (Å²) in [4.78, 5) is 23.6. The average Bonchev–Trinajstić information content (AvgIpc) is 3.04. The Morgan fingerprint density at radius 1 is 1.10 bits per heavy atom. The Morgan fingerprint density at radius 3 is 2.71 bits per heavy atom. The van der Waals surface area contributed by atoms with Gasteiger partial charge in [-0.1, -0.05) is 6.07 Å². The second kappa shape index (κ2) is 9.18. The van der Waals surface area contributed by atoms with Crippen LogP contribution in [0.5, 0.6) is 0 Å². The van der Waals surface area contributed by atoms with Gasteiger partial charge in [-0.15, -0.1) is 0 Å². The number of benzene rings is 1. The molecular weight excluding hydrogens is 402 g/mol. The quantitative estimate of drug-likeness (QED) is 0.630. The van der Waals surface area contributed by atoms with Gasteiger partial charge >= 0.3 is 0 Å². The van der Waals surface area contributed by atoms with Crippen molar-refractivity contribution in [2.75, 3.05) is 36.9 Å². The number of anilines is 2. The molecule has 0 saturated carbocycles. The number of aromatic nitrogens is 2. The normalized spacial score (nSPS) is 14.3. The van der Waals surface area contributed by atoms with Gasteiger partial charge in [-0.05, 0) is 36.8 Å². The number of nitrogen functional groups attached to an aromatic ring is 1. The minimum atomic E-state index is -0.756. The number of rotatable bonds is 5. The van der Waals surface area contributed by atoms with Gasteiger partial charge in [0.15, 0.2) is 5.78 Å². The molecule has 0 spiro atoms. The van der Waals surface area contributed by atoms with Crippen LogP contribution in [0.1, 0.15) is 22.5 Å². The van der Waals surface area contributed by atoms with E-state index < -0.39 is 11.6 Å². The van der Waals surface area contributed by atoms with Crippen molar-refractivity contribution in [3.05, 3.63) is 71.7 Å². The van der Waals surface area contributed by atoms with Crippen LogP contribution in [0, 0.1) is 11.6 Å². The molecule has 2 aromatic heterocycles. The van der Waals surface area contributed by atoms with Crippen molar-refractivity contribution < 1.29 is 18.3 Å². The van der Waals surface area contributed by atoms with E-state index in [2.05, 4.69) is 14.9 Å². The van der Waals surface area contributed by atoms with Crippen LogP contribution in [0.2, 0.25) is 0 Å². The van der Waals surface area contributed by atoms with Crippen LogP contribution >= 0.6 is 0 Å². The summed E-state index contributed by atoms with van der Waals surface area (Å²) in [5, 5.41) is 0. The van der Waals surface area contributed by atoms with E-state index in [1.54, 1.807) is 12.4 Å². The van der Waals surface area contributed by atoms with E-state index in [9.17, 15) is 13.6 Å². The Labute approximate surface area is 178 Å². The maximum atomic E-state index is 14.2. The van der Waals surface area contributed by atoms with Gasteiger partial charge in [-0.2, -0.15) is 0 Å². The number of nitrogens with zero attached hydrogens (tertiary/aromatic N) is 3. The number of hydrogen-bond donors (Lipinski definition) is 1. The molecule has 3 aromatic rings. The fraction of sp³-hybridized carbons (Fsp3) is 0.261. The molecule has 31 heavy (non-hydrogen) atoms. The van der Waals surface area contributed by atoms with E-state index >= 15 is 0 Å². The van der Waals surface area contributed by atoms with Gasteiger partial charge in [-0.25, -0.2) is 13.8 Å². The van der Waals surface area contributed by atoms with Gasteiger partial charge in [0.05, 0.1) is 23.6 Å². The van der Waals surface area contributed by atoms with Crippen molar-refractivity contribution in [3.8, 4) is 11.3 Å². The number of Topliss-reactive ketones (excluding diaryl/α,β-unsaturated/α-hetero) is 1. The van der Waals surface area contributed by atoms with E-state index in [4.69, 9.17) is 10.5 Å². The Bertz CT molecular complexity index is 1080. The molecule has 3 heterocycles. The number of carbonyl (C=O) groups excluding carboxylic acids is 1. The number of nitrogens with two attached hydrogens (primary N) is 1. The van der Waals surface area contributed by atoms with Crippen LogP contribution in [-0.2, 0) is 11.2 Å². The lowest BCUT2D eigenvalue weighted by atomic mass is 10.0. The fourth-order valence-corrected chi connectivity index (χ4v) is 3.68. The molecule has 1 saturated heterocycles. The highest BCUT2D eigenvalue weighted by molar-refractivity contribution is 6.01. The summed E-state index contributed by atoms with van der Waals surface area (Å²) in [6, 6.07) is 8.28. The monoisotopic (exact) mass is 424 g/mol. The van der Waals surface area contributed by atoms with Crippen molar-refractivity contribution in [1.82, 2.24) is 9.97 Å². The van der Waals surface area contributed by atoms with Crippen molar-refractivity contribution in [2.24, 2.45) is 0 Å². The van der Waals surface area contributed by atoms with Gasteiger partial charge in [0, 0.05) is 49.8 Å². The zero-order valence-corrected chi connectivity index (χ0v) is 16.9. The summed E-state index contributed by atoms with van der Waals surface area (Å²) in [5.74, 6) is -1.86. The van der Waals surface area contributed by atoms with Crippen LogP contribution in [0.4, 0.5) is 20.2 Å². The lowest BCUT2D eigenvalue weighted by Crippen LogP contribution is -2.27. The molecule has 0 amide bonds. The van der Waals surface area contributed by atoms with Crippen LogP contribution in [-0.4, -0.2) is 42.1 Å². The van der Waals surface area contributed by atoms with Crippen molar-refractivity contribution in [3.63, 3.8) is 0 Å². The molecule has 0 bridgehead atoms. The van der Waals surface area contributed by atoms with Crippen molar-refractivity contribution >= 4 is 17.2 Å². The number of hydrogen-bond acceptors (Lipinski definition) is 6. The Hall–Kier alpha value is -3.39. The maximum Gasteiger partial charge on any atom is 0.187 e. The van der Waals surface area contributed by atoms with Crippen molar-refractivity contribution in [1.29, 1.82) is 0 Å². The molecule has 0 atom stereocenters. The number of carbonyl (C=O) groups is 1. The Morgan fingerprint density at radius 2 is 1.90 bits per heavy atom. The zero-order valence-electron chi connectivity index (χ0n) is 16.9. The highest BCUT2D eigenvalue weighted by Gasteiger charge is 2.20. The third kappa shape index (κ3) is 4.54.